The van der Waals surface area contributed by atoms with Gasteiger partial charge < -0.3 is 9.94 Å². The van der Waals surface area contributed by atoms with E-state index in [9.17, 15) is 0 Å². The summed E-state index contributed by atoms with van der Waals surface area (Å²) in [6.45, 7) is 1.49. The molecular formula is C24H28N2O4. The molecule has 1 fully saturated rings. The third-order valence-electron chi connectivity index (χ3n) is 5.44. The summed E-state index contributed by atoms with van der Waals surface area (Å²) < 4.78 is 5.99. The lowest BCUT2D eigenvalue weighted by Crippen LogP contribution is -2.12. The van der Waals surface area contributed by atoms with Gasteiger partial charge in [-0.25, -0.2) is 0 Å². The molecule has 1 aliphatic heterocycles. The molecule has 0 radical (unpaired) electrons. The Labute approximate surface area is 177 Å². The number of nitrogens with zero attached hydrogens (tertiary/aromatic N) is 2. The molecule has 2 aliphatic rings. The van der Waals surface area contributed by atoms with E-state index in [2.05, 4.69) is 42.5 Å². The summed E-state index contributed by atoms with van der Waals surface area (Å²) in [6.07, 6.45) is 12.5. The van der Waals surface area contributed by atoms with Crippen LogP contribution < -0.4 is 4.74 Å². The van der Waals surface area contributed by atoms with E-state index in [0.29, 0.717) is 6.61 Å². The molecule has 0 atom stereocenters. The number of benzene rings is 2. The van der Waals surface area contributed by atoms with Crippen molar-refractivity contribution < 1.29 is 15.0 Å². The lowest BCUT2D eigenvalue weighted by atomic mass is 9.88. The highest BCUT2D eigenvalue weighted by atomic mass is 16.9. The third-order valence-corrected chi connectivity index (χ3v) is 5.44. The van der Waals surface area contributed by atoms with Crippen molar-refractivity contribution in [2.75, 3.05) is 6.54 Å². The first-order chi connectivity index (χ1) is 14.6. The Hall–Kier alpha value is -3.15. The quantitative estimate of drug-likeness (QED) is 0.530. The van der Waals surface area contributed by atoms with Crippen LogP contribution in [0, 0.1) is 16.0 Å². The molecule has 2 aromatic carbocycles. The summed E-state index contributed by atoms with van der Waals surface area (Å²) in [5, 5.41) is 13.6. The maximum atomic E-state index is 8.36. The predicted octanol–water partition coefficient (Wildman–Crippen LogP) is 5.40. The van der Waals surface area contributed by atoms with Gasteiger partial charge in [-0.05, 0) is 60.6 Å². The van der Waals surface area contributed by atoms with Crippen molar-refractivity contribution in [3.8, 4) is 5.75 Å². The maximum absolute atomic E-state index is 8.36. The minimum Gasteiger partial charge on any atom is -0.489 e. The van der Waals surface area contributed by atoms with Crippen molar-refractivity contribution in [3.63, 3.8) is 0 Å². The van der Waals surface area contributed by atoms with E-state index in [0.717, 1.165) is 30.3 Å². The van der Waals surface area contributed by atoms with Crippen LogP contribution in [0.2, 0.25) is 0 Å². The lowest BCUT2D eigenvalue weighted by Gasteiger charge is -2.19. The highest BCUT2D eigenvalue weighted by molar-refractivity contribution is 6.10. The molecule has 1 saturated carbocycles. The summed E-state index contributed by atoms with van der Waals surface area (Å²) in [4.78, 5) is 13.1. The molecule has 0 aromatic heterocycles. The minimum atomic E-state index is -1.50. The van der Waals surface area contributed by atoms with Crippen molar-refractivity contribution >= 4 is 5.71 Å². The third kappa shape index (κ3) is 6.72. The number of hydrogen-bond donors (Lipinski definition) is 1. The number of ether oxygens (including phenoxy) is 1. The molecule has 0 bridgehead atoms. The zero-order valence-electron chi connectivity index (χ0n) is 17.1. The number of aliphatic imine (C=N–C) groups is 1. The second-order valence-corrected chi connectivity index (χ2v) is 7.61. The van der Waals surface area contributed by atoms with Crippen LogP contribution in [0.3, 0.4) is 0 Å². The highest BCUT2D eigenvalue weighted by Crippen LogP contribution is 2.26. The average Bonchev–Trinajstić information content (AvgIpc) is 2.77. The molecule has 1 N–H and O–H groups in total. The Kier molecular flexibility index (Phi) is 8.01. The Morgan fingerprint density at radius 1 is 1.13 bits per heavy atom. The van der Waals surface area contributed by atoms with E-state index < -0.39 is 5.09 Å². The molecule has 6 heteroatoms. The van der Waals surface area contributed by atoms with Gasteiger partial charge in [0.2, 0.25) is 0 Å². The van der Waals surface area contributed by atoms with E-state index >= 15 is 0 Å². The fraction of sp³-hybridized carbons (Fsp3) is 0.375. The van der Waals surface area contributed by atoms with Crippen LogP contribution in [-0.4, -0.2) is 22.6 Å². The van der Waals surface area contributed by atoms with Gasteiger partial charge in [0.25, 0.3) is 5.09 Å². The first kappa shape index (κ1) is 21.6. The van der Waals surface area contributed by atoms with Crippen molar-refractivity contribution in [2.45, 2.75) is 45.1 Å². The molecule has 0 unspecified atom stereocenters. The second-order valence-electron chi connectivity index (χ2n) is 7.61. The van der Waals surface area contributed by atoms with Crippen LogP contribution in [-0.2, 0) is 13.0 Å². The molecule has 2 aromatic rings. The fourth-order valence-electron chi connectivity index (χ4n) is 3.94. The zero-order valence-corrected chi connectivity index (χ0v) is 17.1. The van der Waals surface area contributed by atoms with E-state index in [1.54, 1.807) is 0 Å². The largest absolute Gasteiger partial charge is 0.489 e. The number of rotatable bonds is 5. The Morgan fingerprint density at radius 3 is 2.60 bits per heavy atom. The van der Waals surface area contributed by atoms with Gasteiger partial charge in [-0.3, -0.25) is 4.99 Å². The molecular weight excluding hydrogens is 380 g/mol. The van der Waals surface area contributed by atoms with E-state index in [1.165, 1.54) is 48.8 Å². The first-order valence-corrected chi connectivity index (χ1v) is 10.5. The van der Waals surface area contributed by atoms with Gasteiger partial charge in [-0.1, -0.05) is 55.7 Å². The van der Waals surface area contributed by atoms with Gasteiger partial charge in [0, 0.05) is 12.1 Å². The molecule has 0 spiro atoms. The fourth-order valence-corrected chi connectivity index (χ4v) is 3.94. The molecule has 30 heavy (non-hydrogen) atoms. The molecule has 1 heterocycles. The molecule has 4 rings (SSSR count). The number of allylic oxidation sites excluding steroid dienone is 2. The average molecular weight is 408 g/mol. The van der Waals surface area contributed by atoms with E-state index in [-0.39, 0.29) is 0 Å². The Morgan fingerprint density at radius 2 is 1.87 bits per heavy atom. The molecule has 6 nitrogen and oxygen atoms in total. The molecule has 0 saturated heterocycles. The van der Waals surface area contributed by atoms with Gasteiger partial charge in [-0.2, -0.15) is 0 Å². The van der Waals surface area contributed by atoms with E-state index in [4.69, 9.17) is 25.1 Å². The standard InChI is InChI=1S/C24H27NO.HNO3/c1-3-7-19(8-4-1)11-14-24-23-13-12-22(17-21(23)15-16-25-24)26-18-20-9-5-2-6-10-20;2-1(3)4/h2,5-6,9-14,17,19H,1,3-4,7-8,15-16,18H2;(H,2,3,4). The topological polar surface area (TPSA) is 85.0 Å². The SMILES string of the molecule is C(=CC1CCCCC1)C1=NCCc2cc(OCc3ccccc3)ccc21.O=[N+]([O-])O. The smallest absolute Gasteiger partial charge is 0.291 e. The van der Waals surface area contributed by atoms with E-state index in [1.807, 2.05) is 18.2 Å². The Bertz CT molecular complexity index is 883. The predicted molar refractivity (Wildman–Crippen MR) is 117 cm³/mol. The van der Waals surface area contributed by atoms with Crippen molar-refractivity contribution in [1.29, 1.82) is 0 Å². The van der Waals surface area contributed by atoms with Crippen LogP contribution in [0.5, 0.6) is 5.75 Å². The van der Waals surface area contributed by atoms with Crippen molar-refractivity contribution in [3.05, 3.63) is 87.5 Å². The summed E-state index contributed by atoms with van der Waals surface area (Å²) in [7, 11) is 0. The highest BCUT2D eigenvalue weighted by Gasteiger charge is 2.15. The van der Waals surface area contributed by atoms with Gasteiger partial charge in [0.1, 0.15) is 12.4 Å². The molecule has 1 aliphatic carbocycles. The van der Waals surface area contributed by atoms with Gasteiger partial charge in [-0.15, -0.1) is 10.1 Å². The number of fused-ring (bicyclic) bond motifs is 1. The Balaban J connectivity index is 0.000000589. The van der Waals surface area contributed by atoms with Gasteiger partial charge in [0.05, 0.1) is 5.71 Å². The van der Waals surface area contributed by atoms with Crippen LogP contribution in [0.15, 0.2) is 65.7 Å². The van der Waals surface area contributed by atoms with Gasteiger partial charge >= 0.3 is 0 Å². The summed E-state index contributed by atoms with van der Waals surface area (Å²) >= 11 is 0. The van der Waals surface area contributed by atoms with Crippen LogP contribution in [0.1, 0.15) is 48.8 Å². The van der Waals surface area contributed by atoms with Crippen LogP contribution >= 0.6 is 0 Å². The van der Waals surface area contributed by atoms with Crippen LogP contribution in [0.25, 0.3) is 0 Å². The normalized spacial score (nSPS) is 16.2. The molecule has 158 valence electrons. The second kappa shape index (κ2) is 11.1. The number of hydrogen-bond acceptors (Lipinski definition) is 4. The summed E-state index contributed by atoms with van der Waals surface area (Å²) in [5.74, 6) is 1.69. The summed E-state index contributed by atoms with van der Waals surface area (Å²) in [6, 6.07) is 16.8. The minimum absolute atomic E-state index is 0.613. The lowest BCUT2D eigenvalue weighted by molar-refractivity contribution is -0.742. The van der Waals surface area contributed by atoms with Crippen LogP contribution in [0.4, 0.5) is 0 Å². The van der Waals surface area contributed by atoms with Crippen molar-refractivity contribution in [1.82, 2.24) is 0 Å². The zero-order chi connectivity index (χ0) is 21.2. The van der Waals surface area contributed by atoms with Crippen molar-refractivity contribution in [2.24, 2.45) is 10.9 Å². The maximum Gasteiger partial charge on any atom is 0.291 e. The monoisotopic (exact) mass is 408 g/mol. The first-order valence-electron chi connectivity index (χ1n) is 10.5. The van der Waals surface area contributed by atoms with Gasteiger partial charge in [0.15, 0.2) is 0 Å². The summed E-state index contributed by atoms with van der Waals surface area (Å²) in [5.41, 5.74) is 4.97. The molecule has 0 amide bonds.